The zero-order valence-corrected chi connectivity index (χ0v) is 16.0. The maximum atomic E-state index is 13.6. The largest absolute Gasteiger partial charge is 0.416 e. The van der Waals surface area contributed by atoms with Crippen molar-refractivity contribution < 1.29 is 22.4 Å². The summed E-state index contributed by atoms with van der Waals surface area (Å²) in [4.78, 5) is 14.5. The molecule has 0 spiro atoms. The number of hydrogen-bond donors (Lipinski definition) is 1. The number of nitrogens with zero attached hydrogens (tertiary/aromatic N) is 1. The Hall–Kier alpha value is -2.41. The second-order valence-electron chi connectivity index (χ2n) is 7.38. The van der Waals surface area contributed by atoms with E-state index in [0.717, 1.165) is 17.7 Å². The first kappa shape index (κ1) is 21.3. The summed E-state index contributed by atoms with van der Waals surface area (Å²) in [5, 5.41) is 2.88. The highest BCUT2D eigenvalue weighted by Crippen LogP contribution is 2.29. The molecule has 3 nitrogen and oxygen atoms in total. The van der Waals surface area contributed by atoms with Crippen LogP contribution in [0, 0.1) is 11.7 Å². The van der Waals surface area contributed by atoms with E-state index in [9.17, 15) is 22.4 Å². The number of nitrogens with one attached hydrogen (secondary N) is 1. The molecule has 0 aliphatic carbocycles. The van der Waals surface area contributed by atoms with Gasteiger partial charge < -0.3 is 5.32 Å². The summed E-state index contributed by atoms with van der Waals surface area (Å²) in [6.45, 7) is 2.39. The van der Waals surface area contributed by atoms with E-state index in [2.05, 4.69) is 10.2 Å². The average molecular weight is 408 g/mol. The van der Waals surface area contributed by atoms with Crippen LogP contribution in [-0.2, 0) is 23.9 Å². The molecule has 1 fully saturated rings. The first-order valence-electron chi connectivity index (χ1n) is 9.72. The average Bonchev–Trinajstić information content (AvgIpc) is 2.70. The number of rotatable bonds is 6. The summed E-state index contributed by atoms with van der Waals surface area (Å²) in [6.07, 6.45) is -2.47. The summed E-state index contributed by atoms with van der Waals surface area (Å²) in [7, 11) is 0. The lowest BCUT2D eigenvalue weighted by atomic mass is 9.95. The molecule has 0 bridgehead atoms. The Bertz CT molecular complexity index is 812. The predicted octanol–water partition coefficient (Wildman–Crippen LogP) is 4.42. The van der Waals surface area contributed by atoms with E-state index >= 15 is 0 Å². The molecule has 1 N–H and O–H groups in total. The third kappa shape index (κ3) is 6.03. The van der Waals surface area contributed by atoms with Crippen LogP contribution in [0.1, 0.15) is 29.5 Å². The SMILES string of the molecule is O=C(NCCc1ccccc1F)C1CCN(Cc2ccc(C(F)(F)F)cc2)CC1. The van der Waals surface area contributed by atoms with Crippen LogP contribution in [0.5, 0.6) is 0 Å². The Labute approximate surface area is 167 Å². The molecular formula is C22H24F4N2O. The molecule has 1 heterocycles. The van der Waals surface area contributed by atoms with E-state index in [1.165, 1.54) is 18.2 Å². The van der Waals surface area contributed by atoms with E-state index in [1.807, 2.05) is 0 Å². The van der Waals surface area contributed by atoms with Crippen LogP contribution < -0.4 is 5.32 Å². The third-order valence-electron chi connectivity index (χ3n) is 5.30. The van der Waals surface area contributed by atoms with Crippen LogP contribution in [-0.4, -0.2) is 30.4 Å². The smallest absolute Gasteiger partial charge is 0.356 e. The molecule has 0 saturated carbocycles. The summed E-state index contributed by atoms with van der Waals surface area (Å²) >= 11 is 0. The number of alkyl halides is 3. The molecule has 1 aliphatic rings. The standard InChI is InChI=1S/C22H24F4N2O/c23-20-4-2-1-3-17(20)9-12-27-21(29)18-10-13-28(14-11-18)15-16-5-7-19(8-6-16)22(24,25)26/h1-8,18H,9-15H2,(H,27,29). The molecule has 0 radical (unpaired) electrons. The van der Waals surface area contributed by atoms with Crippen molar-refractivity contribution in [2.75, 3.05) is 19.6 Å². The molecule has 3 rings (SSSR count). The molecule has 7 heteroatoms. The molecule has 0 aromatic heterocycles. The maximum absolute atomic E-state index is 13.6. The first-order chi connectivity index (χ1) is 13.8. The van der Waals surface area contributed by atoms with Gasteiger partial charge in [0.15, 0.2) is 0 Å². The molecule has 1 saturated heterocycles. The second-order valence-corrected chi connectivity index (χ2v) is 7.38. The van der Waals surface area contributed by atoms with Crippen LogP contribution in [0.15, 0.2) is 48.5 Å². The van der Waals surface area contributed by atoms with E-state index in [4.69, 9.17) is 0 Å². The highest BCUT2D eigenvalue weighted by Gasteiger charge is 2.30. The van der Waals surface area contributed by atoms with Gasteiger partial charge in [0.1, 0.15) is 5.82 Å². The van der Waals surface area contributed by atoms with Crippen LogP contribution in [0.2, 0.25) is 0 Å². The maximum Gasteiger partial charge on any atom is 0.416 e. The number of benzene rings is 2. The van der Waals surface area contributed by atoms with Crippen LogP contribution in [0.4, 0.5) is 17.6 Å². The van der Waals surface area contributed by atoms with Gasteiger partial charge >= 0.3 is 6.18 Å². The van der Waals surface area contributed by atoms with Gasteiger partial charge in [-0.05, 0) is 61.7 Å². The Kier molecular flexibility index (Phi) is 6.90. The van der Waals surface area contributed by atoms with Gasteiger partial charge in [-0.25, -0.2) is 4.39 Å². The van der Waals surface area contributed by atoms with E-state index in [0.29, 0.717) is 51.0 Å². The van der Waals surface area contributed by atoms with Crippen molar-refractivity contribution in [1.29, 1.82) is 0 Å². The van der Waals surface area contributed by atoms with Gasteiger partial charge in [-0.3, -0.25) is 9.69 Å². The number of carbonyl (C=O) groups excluding carboxylic acids is 1. The lowest BCUT2D eigenvalue weighted by Crippen LogP contribution is -2.40. The zero-order valence-electron chi connectivity index (χ0n) is 16.0. The molecule has 2 aromatic rings. The highest BCUT2D eigenvalue weighted by molar-refractivity contribution is 5.78. The molecule has 2 aromatic carbocycles. The second kappa shape index (κ2) is 9.39. The van der Waals surface area contributed by atoms with Crippen LogP contribution in [0.25, 0.3) is 0 Å². The minimum atomic E-state index is -4.32. The number of halogens is 4. The molecule has 0 unspecified atom stereocenters. The molecule has 29 heavy (non-hydrogen) atoms. The van der Waals surface area contributed by atoms with E-state index in [1.54, 1.807) is 18.2 Å². The fourth-order valence-electron chi connectivity index (χ4n) is 3.58. The Balaban J connectivity index is 1.40. The van der Waals surface area contributed by atoms with Crippen LogP contribution >= 0.6 is 0 Å². The fraction of sp³-hybridized carbons (Fsp3) is 0.409. The number of carbonyl (C=O) groups is 1. The number of amides is 1. The lowest BCUT2D eigenvalue weighted by Gasteiger charge is -2.31. The third-order valence-corrected chi connectivity index (χ3v) is 5.30. The van der Waals surface area contributed by atoms with Crippen molar-refractivity contribution in [3.05, 3.63) is 71.0 Å². The van der Waals surface area contributed by atoms with Crippen molar-refractivity contribution >= 4 is 5.91 Å². The van der Waals surface area contributed by atoms with Crippen LogP contribution in [0.3, 0.4) is 0 Å². The zero-order chi connectivity index (χ0) is 20.9. The number of hydrogen-bond acceptors (Lipinski definition) is 2. The van der Waals surface area contributed by atoms with Crippen molar-refractivity contribution in [3.8, 4) is 0 Å². The van der Waals surface area contributed by atoms with Crippen molar-refractivity contribution in [2.45, 2.75) is 32.0 Å². The Morgan fingerprint density at radius 3 is 2.31 bits per heavy atom. The lowest BCUT2D eigenvalue weighted by molar-refractivity contribution is -0.137. The number of piperidine rings is 1. The number of likely N-dealkylation sites (tertiary alicyclic amines) is 1. The quantitative estimate of drug-likeness (QED) is 0.718. The van der Waals surface area contributed by atoms with Crippen molar-refractivity contribution in [1.82, 2.24) is 10.2 Å². The minimum Gasteiger partial charge on any atom is -0.356 e. The molecule has 1 aliphatic heterocycles. The van der Waals surface area contributed by atoms with E-state index in [-0.39, 0.29) is 17.6 Å². The summed E-state index contributed by atoms with van der Waals surface area (Å²) in [5.74, 6) is -0.367. The predicted molar refractivity (Wildman–Crippen MR) is 103 cm³/mol. The molecule has 0 atom stereocenters. The van der Waals surface area contributed by atoms with E-state index < -0.39 is 11.7 Å². The summed E-state index contributed by atoms with van der Waals surface area (Å²) in [6, 6.07) is 11.7. The van der Waals surface area contributed by atoms with Gasteiger partial charge in [0.25, 0.3) is 0 Å². The van der Waals surface area contributed by atoms with Crippen molar-refractivity contribution in [3.63, 3.8) is 0 Å². The first-order valence-corrected chi connectivity index (χ1v) is 9.72. The molecule has 1 amide bonds. The fourth-order valence-corrected chi connectivity index (χ4v) is 3.58. The van der Waals surface area contributed by atoms with Gasteiger partial charge in [-0.1, -0.05) is 30.3 Å². The Morgan fingerprint density at radius 1 is 1.03 bits per heavy atom. The van der Waals surface area contributed by atoms with Gasteiger partial charge in [0.2, 0.25) is 5.91 Å². The van der Waals surface area contributed by atoms with Gasteiger partial charge in [0.05, 0.1) is 5.56 Å². The summed E-state index contributed by atoms with van der Waals surface area (Å²) in [5.41, 5.74) is 0.761. The van der Waals surface area contributed by atoms with Gasteiger partial charge in [-0.15, -0.1) is 0 Å². The van der Waals surface area contributed by atoms with Gasteiger partial charge in [-0.2, -0.15) is 13.2 Å². The minimum absolute atomic E-state index is 0.0180. The topological polar surface area (TPSA) is 32.3 Å². The molecule has 156 valence electrons. The van der Waals surface area contributed by atoms with Gasteiger partial charge in [0, 0.05) is 19.0 Å². The molecular weight excluding hydrogens is 384 g/mol. The normalized spacial score (nSPS) is 16.0. The van der Waals surface area contributed by atoms with Crippen molar-refractivity contribution in [2.24, 2.45) is 5.92 Å². The Morgan fingerprint density at radius 2 is 1.69 bits per heavy atom. The summed E-state index contributed by atoms with van der Waals surface area (Å²) < 4.78 is 51.5. The monoisotopic (exact) mass is 408 g/mol. The highest BCUT2D eigenvalue weighted by atomic mass is 19.4.